The number of hydrogen-bond acceptors (Lipinski definition) is 7. The fourth-order valence-electron chi connectivity index (χ4n) is 3.88. The van der Waals surface area contributed by atoms with Crippen LogP contribution in [0, 0.1) is 19.7 Å². The highest BCUT2D eigenvalue weighted by Crippen LogP contribution is 2.30. The number of aromatic nitrogens is 1. The van der Waals surface area contributed by atoms with Gasteiger partial charge in [-0.3, -0.25) is 4.79 Å². The molecule has 0 spiro atoms. The second kappa shape index (κ2) is 12.5. The van der Waals surface area contributed by atoms with Gasteiger partial charge in [-0.15, -0.1) is 11.3 Å². The molecule has 0 aliphatic rings. The second-order valence-electron chi connectivity index (χ2n) is 8.16. The molecule has 0 unspecified atom stereocenters. The second-order valence-corrected chi connectivity index (χ2v) is 9.45. The highest BCUT2D eigenvalue weighted by Gasteiger charge is 2.23. The summed E-state index contributed by atoms with van der Waals surface area (Å²) in [5.74, 6) is 0.0870. The van der Waals surface area contributed by atoms with E-state index in [-0.39, 0.29) is 30.6 Å². The molecule has 0 aliphatic heterocycles. The molecule has 0 fully saturated rings. The maximum atomic E-state index is 14.1. The number of halogens is 1. The zero-order valence-corrected chi connectivity index (χ0v) is 22.0. The molecule has 1 heterocycles. The van der Waals surface area contributed by atoms with Crippen LogP contribution in [0.1, 0.15) is 55.2 Å². The average molecular weight is 515 g/mol. The molecule has 0 aliphatic carbocycles. The monoisotopic (exact) mass is 514 g/mol. The van der Waals surface area contributed by atoms with Gasteiger partial charge in [-0.25, -0.2) is 14.2 Å². The van der Waals surface area contributed by atoms with Crippen LogP contribution in [0.25, 0.3) is 0 Å². The molecule has 2 aromatic carbocycles. The number of thiazole rings is 1. The van der Waals surface area contributed by atoms with E-state index in [2.05, 4.69) is 4.98 Å². The van der Waals surface area contributed by atoms with Gasteiger partial charge in [0, 0.05) is 22.5 Å². The van der Waals surface area contributed by atoms with E-state index in [4.69, 9.17) is 14.2 Å². The Balaban J connectivity index is 1.88. The predicted molar refractivity (Wildman–Crippen MR) is 137 cm³/mol. The first-order valence-corrected chi connectivity index (χ1v) is 12.5. The van der Waals surface area contributed by atoms with Crippen molar-refractivity contribution in [3.05, 3.63) is 74.5 Å². The Bertz CT molecular complexity index is 1200. The third kappa shape index (κ3) is 6.40. The lowest BCUT2D eigenvalue weighted by molar-refractivity contribution is 0.0519. The first-order chi connectivity index (χ1) is 17.3. The Morgan fingerprint density at radius 3 is 2.36 bits per heavy atom. The van der Waals surface area contributed by atoms with E-state index < -0.39 is 5.97 Å². The molecule has 0 N–H and O–H groups in total. The number of nitrogens with zero attached hydrogens (tertiary/aromatic N) is 2. The summed E-state index contributed by atoms with van der Waals surface area (Å²) < 4.78 is 30.1. The minimum Gasteiger partial charge on any atom is -0.496 e. The Labute approximate surface area is 214 Å². The zero-order valence-electron chi connectivity index (χ0n) is 21.2. The van der Waals surface area contributed by atoms with Crippen LogP contribution in [0.15, 0.2) is 36.4 Å². The average Bonchev–Trinajstić information content (AvgIpc) is 3.24. The zero-order chi connectivity index (χ0) is 26.2. The van der Waals surface area contributed by atoms with E-state index in [1.807, 2.05) is 6.92 Å². The lowest BCUT2D eigenvalue weighted by Crippen LogP contribution is -2.32. The van der Waals surface area contributed by atoms with Gasteiger partial charge in [0.1, 0.15) is 22.3 Å². The molecule has 0 atom stereocenters. The highest BCUT2D eigenvalue weighted by atomic mass is 32.1. The highest BCUT2D eigenvalue weighted by molar-refractivity contribution is 7.11. The van der Waals surface area contributed by atoms with Crippen molar-refractivity contribution in [1.82, 2.24) is 9.88 Å². The van der Waals surface area contributed by atoms with Gasteiger partial charge in [-0.2, -0.15) is 0 Å². The molecule has 3 aromatic rings. The van der Waals surface area contributed by atoms with Gasteiger partial charge in [-0.1, -0.05) is 18.2 Å². The summed E-state index contributed by atoms with van der Waals surface area (Å²) in [5.41, 5.74) is 2.05. The number of benzene rings is 2. The van der Waals surface area contributed by atoms with Crippen LogP contribution in [0.3, 0.4) is 0 Å². The van der Waals surface area contributed by atoms with Crippen molar-refractivity contribution in [1.29, 1.82) is 0 Å². The van der Waals surface area contributed by atoms with Gasteiger partial charge in [-0.05, 0) is 57.4 Å². The molecule has 0 saturated carbocycles. The third-order valence-electron chi connectivity index (χ3n) is 5.75. The lowest BCUT2D eigenvalue weighted by atomic mass is 10.1. The van der Waals surface area contributed by atoms with Crippen molar-refractivity contribution < 1.29 is 28.2 Å². The van der Waals surface area contributed by atoms with Gasteiger partial charge in [0.2, 0.25) is 0 Å². The number of esters is 1. The summed E-state index contributed by atoms with van der Waals surface area (Å²) in [7, 11) is 3.08. The van der Waals surface area contributed by atoms with Crippen molar-refractivity contribution in [2.75, 3.05) is 27.4 Å². The Hall–Kier alpha value is -3.46. The van der Waals surface area contributed by atoms with Crippen LogP contribution in [-0.4, -0.2) is 49.1 Å². The van der Waals surface area contributed by atoms with Crippen molar-refractivity contribution in [2.45, 2.75) is 40.2 Å². The molecular weight excluding hydrogens is 483 g/mol. The normalized spacial score (nSPS) is 10.7. The number of ether oxygens (including phenoxy) is 3. The molecule has 192 valence electrons. The largest absolute Gasteiger partial charge is 0.496 e. The summed E-state index contributed by atoms with van der Waals surface area (Å²) in [6.45, 7) is 6.20. The van der Waals surface area contributed by atoms with E-state index in [0.29, 0.717) is 47.0 Å². The van der Waals surface area contributed by atoms with E-state index in [1.54, 1.807) is 49.1 Å². The minimum absolute atomic E-state index is 0.194. The van der Waals surface area contributed by atoms with Crippen molar-refractivity contribution in [3.63, 3.8) is 0 Å². The molecule has 36 heavy (non-hydrogen) atoms. The number of rotatable bonds is 11. The maximum absolute atomic E-state index is 14.1. The van der Waals surface area contributed by atoms with Gasteiger partial charge in [0.15, 0.2) is 5.69 Å². The standard InChI is InChI=1S/C27H31FN2O5S/c1-6-35-27(32)25-18(3)36-24(29-25)16-30(13-9-11-19-10-7-8-12-21(19)28)26(31)20-14-22(33-4)17(2)23(15-20)34-5/h7-8,10,12,14-15H,6,9,11,13,16H2,1-5H3. The summed E-state index contributed by atoms with van der Waals surface area (Å²) in [4.78, 5) is 32.7. The van der Waals surface area contributed by atoms with Gasteiger partial charge < -0.3 is 19.1 Å². The summed E-state index contributed by atoms with van der Waals surface area (Å²) >= 11 is 1.34. The number of aryl methyl sites for hydroxylation is 2. The van der Waals surface area contributed by atoms with Crippen LogP contribution < -0.4 is 9.47 Å². The Morgan fingerprint density at radius 1 is 1.08 bits per heavy atom. The van der Waals surface area contributed by atoms with Gasteiger partial charge in [0.05, 0.1) is 27.4 Å². The molecule has 0 radical (unpaired) electrons. The van der Waals surface area contributed by atoms with Crippen LogP contribution in [-0.2, 0) is 17.7 Å². The fourth-order valence-corrected chi connectivity index (χ4v) is 4.81. The Kier molecular flexibility index (Phi) is 9.41. The summed E-state index contributed by atoms with van der Waals surface area (Å²) in [5, 5.41) is 0.612. The first kappa shape index (κ1) is 27.1. The lowest BCUT2D eigenvalue weighted by Gasteiger charge is -2.23. The maximum Gasteiger partial charge on any atom is 0.358 e. The molecule has 3 rings (SSSR count). The van der Waals surface area contributed by atoms with E-state index in [0.717, 1.165) is 10.4 Å². The molecule has 1 aromatic heterocycles. The molecular formula is C27H31FN2O5S. The third-order valence-corrected chi connectivity index (χ3v) is 6.71. The van der Waals surface area contributed by atoms with E-state index >= 15 is 0 Å². The number of hydrogen-bond donors (Lipinski definition) is 0. The van der Waals surface area contributed by atoms with E-state index in [1.165, 1.54) is 31.6 Å². The molecule has 7 nitrogen and oxygen atoms in total. The SMILES string of the molecule is CCOC(=O)c1nc(CN(CCCc2ccccc2F)C(=O)c2cc(OC)c(C)c(OC)c2)sc1C. The molecule has 0 bridgehead atoms. The van der Waals surface area contributed by atoms with Crippen LogP contribution in [0.5, 0.6) is 11.5 Å². The topological polar surface area (TPSA) is 78.0 Å². The first-order valence-electron chi connectivity index (χ1n) is 11.7. The number of carbonyl (C=O) groups excluding carboxylic acids is 2. The van der Waals surface area contributed by atoms with Crippen molar-refractivity contribution in [2.24, 2.45) is 0 Å². The van der Waals surface area contributed by atoms with Crippen molar-refractivity contribution in [3.8, 4) is 11.5 Å². The van der Waals surface area contributed by atoms with Gasteiger partial charge in [0.25, 0.3) is 5.91 Å². The van der Waals surface area contributed by atoms with Crippen LogP contribution in [0.4, 0.5) is 4.39 Å². The van der Waals surface area contributed by atoms with E-state index in [9.17, 15) is 14.0 Å². The smallest absolute Gasteiger partial charge is 0.358 e. The summed E-state index contributed by atoms with van der Waals surface area (Å²) in [6, 6.07) is 9.98. The molecule has 1 amide bonds. The quantitative estimate of drug-likeness (QED) is 0.320. The number of carbonyl (C=O) groups is 2. The number of amides is 1. The number of methoxy groups -OCH3 is 2. The van der Waals surface area contributed by atoms with Crippen LogP contribution >= 0.6 is 11.3 Å². The molecule has 9 heteroatoms. The summed E-state index contributed by atoms with van der Waals surface area (Å²) in [6.07, 6.45) is 1.02. The van der Waals surface area contributed by atoms with Crippen molar-refractivity contribution >= 4 is 23.2 Å². The van der Waals surface area contributed by atoms with Gasteiger partial charge >= 0.3 is 5.97 Å². The fraction of sp³-hybridized carbons (Fsp3) is 0.370. The van der Waals surface area contributed by atoms with Crippen LogP contribution in [0.2, 0.25) is 0 Å². The minimum atomic E-state index is -0.483. The molecule has 0 saturated heterocycles. The predicted octanol–water partition coefficient (Wildman–Crippen LogP) is 5.37. The Morgan fingerprint density at radius 2 is 1.75 bits per heavy atom.